The minimum Gasteiger partial charge on any atom is -0.492 e. The molecule has 0 bridgehead atoms. The van der Waals surface area contributed by atoms with Gasteiger partial charge >= 0.3 is 0 Å². The number of nitrogens with zero attached hydrogens (tertiary/aromatic N) is 2. The van der Waals surface area contributed by atoms with Crippen molar-refractivity contribution in [2.24, 2.45) is 0 Å². The monoisotopic (exact) mass is 412 g/mol. The second-order valence-electron chi connectivity index (χ2n) is 6.59. The molecular weight excluding hydrogens is 392 g/mol. The van der Waals surface area contributed by atoms with Crippen molar-refractivity contribution in [2.75, 3.05) is 18.5 Å². The highest BCUT2D eigenvalue weighted by atomic mass is 32.1. The number of anilines is 1. The molecule has 1 aromatic carbocycles. The summed E-state index contributed by atoms with van der Waals surface area (Å²) in [5.74, 6) is 1.65. The van der Waals surface area contributed by atoms with E-state index in [0.29, 0.717) is 44.1 Å². The highest BCUT2D eigenvalue weighted by molar-refractivity contribution is 7.08. The number of nitrogens with one attached hydrogen (secondary N) is 2. The molecule has 0 radical (unpaired) electrons. The number of carbonyl (C=O) groups is 2. The van der Waals surface area contributed by atoms with E-state index in [9.17, 15) is 9.59 Å². The van der Waals surface area contributed by atoms with E-state index >= 15 is 0 Å². The first-order chi connectivity index (χ1) is 14.2. The molecule has 0 fully saturated rings. The number of fused-ring (bicyclic) bond motifs is 1. The first-order valence-corrected chi connectivity index (χ1v) is 10.3. The second kappa shape index (κ2) is 8.87. The molecule has 3 aromatic rings. The van der Waals surface area contributed by atoms with Crippen LogP contribution in [0.2, 0.25) is 0 Å². The van der Waals surface area contributed by atoms with Crippen LogP contribution in [0.5, 0.6) is 5.75 Å². The number of aromatic nitrogens is 2. The van der Waals surface area contributed by atoms with Crippen LogP contribution >= 0.6 is 11.3 Å². The molecule has 0 saturated carbocycles. The Hall–Kier alpha value is -3.20. The van der Waals surface area contributed by atoms with Crippen molar-refractivity contribution in [2.45, 2.75) is 25.7 Å². The first-order valence-electron chi connectivity index (χ1n) is 9.35. The van der Waals surface area contributed by atoms with Crippen molar-refractivity contribution in [1.29, 1.82) is 0 Å². The fourth-order valence-electron chi connectivity index (χ4n) is 2.98. The van der Waals surface area contributed by atoms with Gasteiger partial charge in [0.05, 0.1) is 6.54 Å². The molecule has 3 heterocycles. The van der Waals surface area contributed by atoms with E-state index in [1.807, 2.05) is 35.0 Å². The van der Waals surface area contributed by atoms with Crippen LogP contribution in [0.4, 0.5) is 5.69 Å². The molecule has 1 aliphatic heterocycles. The number of ether oxygens (including phenoxy) is 1. The van der Waals surface area contributed by atoms with Gasteiger partial charge in [-0.15, -0.1) is 0 Å². The van der Waals surface area contributed by atoms with Crippen LogP contribution in [-0.4, -0.2) is 35.1 Å². The van der Waals surface area contributed by atoms with E-state index in [-0.39, 0.29) is 18.2 Å². The van der Waals surface area contributed by atoms with Crippen molar-refractivity contribution in [3.8, 4) is 17.1 Å². The van der Waals surface area contributed by atoms with Gasteiger partial charge in [0, 0.05) is 35.9 Å². The molecular formula is C20H20N4O4S. The lowest BCUT2D eigenvalue weighted by molar-refractivity contribution is -0.121. The largest absolute Gasteiger partial charge is 0.492 e. The quantitative estimate of drug-likeness (QED) is 0.551. The van der Waals surface area contributed by atoms with Crippen LogP contribution < -0.4 is 15.4 Å². The lowest BCUT2D eigenvalue weighted by Gasteiger charge is -2.17. The highest BCUT2D eigenvalue weighted by Gasteiger charge is 2.15. The van der Waals surface area contributed by atoms with E-state index in [2.05, 4.69) is 20.8 Å². The Labute approximate surface area is 171 Å². The van der Waals surface area contributed by atoms with E-state index < -0.39 is 0 Å². The Morgan fingerprint density at radius 1 is 1.31 bits per heavy atom. The number of hydrogen-bond donors (Lipinski definition) is 2. The van der Waals surface area contributed by atoms with Gasteiger partial charge in [0.1, 0.15) is 12.4 Å². The van der Waals surface area contributed by atoms with Crippen molar-refractivity contribution >= 4 is 28.8 Å². The third-order valence-corrected chi connectivity index (χ3v) is 5.16. The van der Waals surface area contributed by atoms with Gasteiger partial charge in [0.25, 0.3) is 0 Å². The molecule has 1 aliphatic rings. The molecule has 2 amide bonds. The van der Waals surface area contributed by atoms with Crippen LogP contribution in [-0.2, 0) is 22.4 Å². The Morgan fingerprint density at radius 3 is 3.10 bits per heavy atom. The number of aryl methyl sites for hydroxylation is 2. The third kappa shape index (κ3) is 5.00. The summed E-state index contributed by atoms with van der Waals surface area (Å²) >= 11 is 1.56. The van der Waals surface area contributed by atoms with Gasteiger partial charge in [0.2, 0.25) is 23.5 Å². The number of carbonyl (C=O) groups excluding carboxylic acids is 2. The average Bonchev–Trinajstić information content (AvgIpc) is 3.41. The topological polar surface area (TPSA) is 106 Å². The predicted molar refractivity (Wildman–Crippen MR) is 108 cm³/mol. The summed E-state index contributed by atoms with van der Waals surface area (Å²) < 4.78 is 10.9. The normalized spacial score (nSPS) is 12.9. The smallest absolute Gasteiger partial charge is 0.227 e. The van der Waals surface area contributed by atoms with Gasteiger partial charge in [0.15, 0.2) is 0 Å². The maximum Gasteiger partial charge on any atom is 0.227 e. The fraction of sp³-hybridized carbons (Fsp3) is 0.300. The summed E-state index contributed by atoms with van der Waals surface area (Å²) in [6, 6.07) is 7.50. The second-order valence-corrected chi connectivity index (χ2v) is 7.37. The maximum atomic E-state index is 12.0. The molecule has 2 N–H and O–H groups in total. The zero-order chi connectivity index (χ0) is 20.1. The van der Waals surface area contributed by atoms with E-state index in [1.165, 1.54) is 0 Å². The summed E-state index contributed by atoms with van der Waals surface area (Å²) in [5.41, 5.74) is 2.81. The molecule has 29 heavy (non-hydrogen) atoms. The van der Waals surface area contributed by atoms with Crippen LogP contribution in [0.3, 0.4) is 0 Å². The molecule has 0 saturated heterocycles. The summed E-state index contributed by atoms with van der Waals surface area (Å²) in [6.07, 6.45) is 1.85. The Morgan fingerprint density at radius 2 is 2.24 bits per heavy atom. The summed E-state index contributed by atoms with van der Waals surface area (Å²) in [7, 11) is 0. The summed E-state index contributed by atoms with van der Waals surface area (Å²) in [6.45, 7) is 0.760. The fourth-order valence-corrected chi connectivity index (χ4v) is 3.62. The zero-order valence-corrected chi connectivity index (χ0v) is 16.5. The number of rotatable bonds is 8. The minimum atomic E-state index is -0.1000. The predicted octanol–water partition coefficient (Wildman–Crippen LogP) is 2.81. The van der Waals surface area contributed by atoms with Gasteiger partial charge in [-0.3, -0.25) is 9.59 Å². The van der Waals surface area contributed by atoms with Crippen LogP contribution in [0.1, 0.15) is 24.3 Å². The number of amides is 2. The van der Waals surface area contributed by atoms with Gasteiger partial charge in [-0.1, -0.05) is 5.16 Å². The number of thiophene rings is 1. The molecule has 0 aliphatic carbocycles. The summed E-state index contributed by atoms with van der Waals surface area (Å²) in [5, 5.41) is 13.5. The van der Waals surface area contributed by atoms with Gasteiger partial charge in [-0.05, 0) is 41.6 Å². The zero-order valence-electron chi connectivity index (χ0n) is 15.6. The van der Waals surface area contributed by atoms with Crippen LogP contribution in [0, 0.1) is 0 Å². The van der Waals surface area contributed by atoms with Crippen LogP contribution in [0.15, 0.2) is 39.5 Å². The Balaban J connectivity index is 1.17. The first kappa shape index (κ1) is 19.1. The average molecular weight is 412 g/mol. The molecule has 9 heteroatoms. The van der Waals surface area contributed by atoms with Gasteiger partial charge in [-0.2, -0.15) is 16.3 Å². The van der Waals surface area contributed by atoms with Gasteiger partial charge < -0.3 is 19.9 Å². The SMILES string of the molecule is O=C(CCc1nc(-c2ccsc2)no1)NCCOc1ccc2c(c1)CCC(=O)N2. The van der Waals surface area contributed by atoms with Crippen molar-refractivity contribution in [3.05, 3.63) is 46.5 Å². The molecule has 150 valence electrons. The van der Waals surface area contributed by atoms with Crippen molar-refractivity contribution in [1.82, 2.24) is 15.5 Å². The minimum absolute atomic E-state index is 0.0390. The molecule has 4 rings (SSSR count). The highest BCUT2D eigenvalue weighted by Crippen LogP contribution is 2.26. The standard InChI is InChI=1S/C20H20N4O4S/c25-17(5-6-19-23-20(24-28-19)14-7-10-29-12-14)21-8-9-27-15-2-3-16-13(11-15)1-4-18(26)22-16/h2-3,7,10-12H,1,4-6,8-9H2,(H,21,25)(H,22,26). The Bertz CT molecular complexity index is 1000. The maximum absolute atomic E-state index is 12.0. The third-order valence-electron chi connectivity index (χ3n) is 4.48. The van der Waals surface area contributed by atoms with Crippen molar-refractivity contribution in [3.63, 3.8) is 0 Å². The van der Waals surface area contributed by atoms with Gasteiger partial charge in [-0.25, -0.2) is 0 Å². The molecule has 0 unspecified atom stereocenters. The van der Waals surface area contributed by atoms with Crippen molar-refractivity contribution < 1.29 is 18.8 Å². The summed E-state index contributed by atoms with van der Waals surface area (Å²) in [4.78, 5) is 27.7. The molecule has 2 aromatic heterocycles. The number of hydrogen-bond acceptors (Lipinski definition) is 7. The van der Waals surface area contributed by atoms with E-state index in [1.54, 1.807) is 11.3 Å². The van der Waals surface area contributed by atoms with Crippen LogP contribution in [0.25, 0.3) is 11.4 Å². The van der Waals surface area contributed by atoms with E-state index in [4.69, 9.17) is 9.26 Å². The lowest BCUT2D eigenvalue weighted by Crippen LogP contribution is -2.28. The lowest BCUT2D eigenvalue weighted by atomic mass is 10.0. The molecule has 0 spiro atoms. The number of benzene rings is 1. The molecule has 0 atom stereocenters. The Kier molecular flexibility index (Phi) is 5.85. The molecule has 8 nitrogen and oxygen atoms in total. The van der Waals surface area contributed by atoms with E-state index in [0.717, 1.165) is 22.6 Å².